The first-order valence-corrected chi connectivity index (χ1v) is 14.6. The van der Waals surface area contributed by atoms with E-state index in [-0.39, 0.29) is 5.82 Å². The molecule has 0 bridgehead atoms. The molecule has 0 unspecified atom stereocenters. The quantitative estimate of drug-likeness (QED) is 0.221. The van der Waals surface area contributed by atoms with E-state index < -0.39 is 0 Å². The molecule has 2 N–H and O–H groups in total. The van der Waals surface area contributed by atoms with Gasteiger partial charge in [0.05, 0.1) is 16.9 Å². The molecule has 0 saturated carbocycles. The first-order chi connectivity index (χ1) is 21.0. The first-order valence-electron chi connectivity index (χ1n) is 14.6. The van der Waals surface area contributed by atoms with E-state index in [1.165, 1.54) is 30.5 Å². The van der Waals surface area contributed by atoms with Crippen molar-refractivity contribution < 1.29 is 9.13 Å². The lowest BCUT2D eigenvalue weighted by Crippen LogP contribution is -2.19. The van der Waals surface area contributed by atoms with Crippen LogP contribution in [0.3, 0.4) is 0 Å². The number of aromatic amines is 2. The third-order valence-electron chi connectivity index (χ3n) is 7.88. The SMILES string of the molecule is CN(C)CCOc1cc(F)cc(-c2ccnc3[nH]c(-c4n[nH]c5ccc(-c6cncc(CN7CCCC7)c6)nc45)cc23)c1. The number of likely N-dealkylation sites (N-methyl/N-ethyl adjacent to an activating group) is 1. The number of nitrogens with zero attached hydrogens (tertiary/aromatic N) is 6. The Morgan fingerprint density at radius 1 is 1.00 bits per heavy atom. The van der Waals surface area contributed by atoms with Crippen molar-refractivity contribution in [1.82, 2.24) is 39.9 Å². The van der Waals surface area contributed by atoms with Crippen molar-refractivity contribution in [2.24, 2.45) is 0 Å². The maximum Gasteiger partial charge on any atom is 0.138 e. The fraction of sp³-hybridized carbons (Fsp3) is 0.273. The Hall–Kier alpha value is -4.67. The molecule has 1 aromatic carbocycles. The van der Waals surface area contributed by atoms with Gasteiger partial charge >= 0.3 is 0 Å². The Bertz CT molecular complexity index is 1910. The van der Waals surface area contributed by atoms with Gasteiger partial charge in [0.25, 0.3) is 0 Å². The number of hydrogen-bond donors (Lipinski definition) is 2. The zero-order chi connectivity index (χ0) is 29.3. The number of H-pyrrole nitrogens is 2. The lowest BCUT2D eigenvalue weighted by molar-refractivity contribution is 0.260. The maximum atomic E-state index is 14.7. The Morgan fingerprint density at radius 2 is 1.88 bits per heavy atom. The molecule has 43 heavy (non-hydrogen) atoms. The molecule has 0 spiro atoms. The molecular weight excluding hydrogens is 543 g/mol. The predicted octanol–water partition coefficient (Wildman–Crippen LogP) is 5.91. The van der Waals surface area contributed by atoms with Crippen LogP contribution in [0.4, 0.5) is 4.39 Å². The van der Waals surface area contributed by atoms with Gasteiger partial charge < -0.3 is 14.6 Å². The summed E-state index contributed by atoms with van der Waals surface area (Å²) in [6, 6.07) is 14.9. The van der Waals surface area contributed by atoms with E-state index in [9.17, 15) is 4.39 Å². The third kappa shape index (κ3) is 5.71. The summed E-state index contributed by atoms with van der Waals surface area (Å²) in [5.41, 5.74) is 8.27. The predicted molar refractivity (Wildman–Crippen MR) is 166 cm³/mol. The molecule has 1 fully saturated rings. The van der Waals surface area contributed by atoms with Crippen molar-refractivity contribution in [3.8, 4) is 39.5 Å². The second kappa shape index (κ2) is 11.5. The number of fused-ring (bicyclic) bond motifs is 2. The van der Waals surface area contributed by atoms with Gasteiger partial charge in [-0.3, -0.25) is 15.0 Å². The summed E-state index contributed by atoms with van der Waals surface area (Å²) in [5.74, 6) is 0.138. The molecule has 0 aliphatic carbocycles. The van der Waals surface area contributed by atoms with Crippen molar-refractivity contribution in [3.63, 3.8) is 0 Å². The van der Waals surface area contributed by atoms with Gasteiger partial charge in [-0.2, -0.15) is 5.10 Å². The maximum absolute atomic E-state index is 14.7. The number of hydrogen-bond acceptors (Lipinski definition) is 7. The molecule has 0 amide bonds. The molecule has 6 heterocycles. The molecule has 0 atom stereocenters. The van der Waals surface area contributed by atoms with Gasteiger partial charge in [0, 0.05) is 48.7 Å². The Balaban J connectivity index is 1.22. The number of nitrogens with one attached hydrogen (secondary N) is 2. The number of aromatic nitrogens is 6. The Kier molecular flexibility index (Phi) is 7.30. The van der Waals surface area contributed by atoms with Crippen LogP contribution in [-0.2, 0) is 6.54 Å². The fourth-order valence-electron chi connectivity index (χ4n) is 5.71. The lowest BCUT2D eigenvalue weighted by Gasteiger charge is -2.14. The topological polar surface area (TPSA) is 98.8 Å². The molecule has 1 aliphatic rings. The third-order valence-corrected chi connectivity index (χ3v) is 7.88. The minimum atomic E-state index is -0.355. The number of likely N-dealkylation sites (tertiary alicyclic amines) is 1. The molecule has 0 radical (unpaired) electrons. The molecule has 6 aromatic rings. The molecular formula is C33H33FN8O. The summed E-state index contributed by atoms with van der Waals surface area (Å²) in [7, 11) is 3.95. The van der Waals surface area contributed by atoms with Gasteiger partial charge in [-0.1, -0.05) is 0 Å². The fourth-order valence-corrected chi connectivity index (χ4v) is 5.71. The molecule has 9 nitrogen and oxygen atoms in total. The Morgan fingerprint density at radius 3 is 2.74 bits per heavy atom. The highest BCUT2D eigenvalue weighted by molar-refractivity contribution is 5.99. The molecule has 10 heteroatoms. The van der Waals surface area contributed by atoms with Crippen molar-refractivity contribution in [2.45, 2.75) is 19.4 Å². The van der Waals surface area contributed by atoms with Crippen LogP contribution in [0.2, 0.25) is 0 Å². The largest absolute Gasteiger partial charge is 0.492 e. The second-order valence-corrected chi connectivity index (χ2v) is 11.4. The van der Waals surface area contributed by atoms with Crippen LogP contribution in [0.15, 0.2) is 67.1 Å². The van der Waals surface area contributed by atoms with Gasteiger partial charge in [0.15, 0.2) is 0 Å². The summed E-state index contributed by atoms with van der Waals surface area (Å²) < 4.78 is 20.5. The summed E-state index contributed by atoms with van der Waals surface area (Å²) in [5, 5.41) is 8.58. The Labute approximate surface area is 248 Å². The van der Waals surface area contributed by atoms with E-state index in [1.54, 1.807) is 6.20 Å². The smallest absolute Gasteiger partial charge is 0.138 e. The zero-order valence-electron chi connectivity index (χ0n) is 24.3. The van der Waals surface area contributed by atoms with Crippen molar-refractivity contribution in [3.05, 3.63) is 78.5 Å². The standard InChI is InChI=1S/C33H33FN8O/c1-41(2)11-12-43-25-15-22(14-24(34)16-25)26-7-8-36-33-27(26)17-30(38-33)32-31-29(39-40-32)6-5-28(37-31)23-13-21(18-35-19-23)20-42-9-3-4-10-42/h5-8,13-19H,3-4,9-12,20H2,1-2H3,(H,36,38)(H,39,40). The van der Waals surface area contributed by atoms with Gasteiger partial charge in [-0.05, 0) is 99.2 Å². The van der Waals surface area contributed by atoms with Crippen LogP contribution in [0.1, 0.15) is 18.4 Å². The number of ether oxygens (including phenoxy) is 1. The minimum Gasteiger partial charge on any atom is -0.492 e. The molecule has 218 valence electrons. The normalized spacial score (nSPS) is 14.0. The van der Waals surface area contributed by atoms with Crippen LogP contribution in [0.5, 0.6) is 5.75 Å². The highest BCUT2D eigenvalue weighted by atomic mass is 19.1. The molecule has 7 rings (SSSR count). The monoisotopic (exact) mass is 576 g/mol. The van der Waals surface area contributed by atoms with Gasteiger partial charge in [-0.15, -0.1) is 0 Å². The van der Waals surface area contributed by atoms with E-state index in [1.807, 2.05) is 61.7 Å². The van der Waals surface area contributed by atoms with Crippen LogP contribution in [-0.4, -0.2) is 80.3 Å². The minimum absolute atomic E-state index is 0.355. The first kappa shape index (κ1) is 27.2. The van der Waals surface area contributed by atoms with E-state index >= 15 is 0 Å². The van der Waals surface area contributed by atoms with E-state index in [0.29, 0.717) is 29.3 Å². The summed E-state index contributed by atoms with van der Waals surface area (Å²) in [6.07, 6.45) is 8.03. The van der Waals surface area contributed by atoms with Gasteiger partial charge in [0.2, 0.25) is 0 Å². The van der Waals surface area contributed by atoms with Gasteiger partial charge in [0.1, 0.15) is 35.0 Å². The number of pyridine rings is 3. The van der Waals surface area contributed by atoms with Crippen molar-refractivity contribution in [2.75, 3.05) is 40.3 Å². The summed E-state index contributed by atoms with van der Waals surface area (Å²) in [4.78, 5) is 22.0. The highest BCUT2D eigenvalue weighted by Gasteiger charge is 2.18. The van der Waals surface area contributed by atoms with Gasteiger partial charge in [-0.25, -0.2) is 14.4 Å². The lowest BCUT2D eigenvalue weighted by atomic mass is 10.0. The number of rotatable bonds is 9. The summed E-state index contributed by atoms with van der Waals surface area (Å²) in [6.45, 7) is 4.38. The van der Waals surface area contributed by atoms with E-state index in [0.717, 1.165) is 65.1 Å². The number of benzene rings is 1. The van der Waals surface area contributed by atoms with Crippen molar-refractivity contribution >= 4 is 22.1 Å². The van der Waals surface area contributed by atoms with E-state index in [2.05, 4.69) is 36.1 Å². The molecule has 5 aromatic heterocycles. The average Bonchev–Trinajstić information content (AvgIpc) is 3.76. The van der Waals surface area contributed by atoms with Crippen LogP contribution in [0, 0.1) is 5.82 Å². The molecule has 1 aliphatic heterocycles. The highest BCUT2D eigenvalue weighted by Crippen LogP contribution is 2.35. The number of halogens is 1. The van der Waals surface area contributed by atoms with Crippen LogP contribution < -0.4 is 4.74 Å². The average molecular weight is 577 g/mol. The van der Waals surface area contributed by atoms with Crippen LogP contribution >= 0.6 is 0 Å². The molecule has 1 saturated heterocycles. The van der Waals surface area contributed by atoms with Crippen molar-refractivity contribution in [1.29, 1.82) is 0 Å². The van der Waals surface area contributed by atoms with Crippen LogP contribution in [0.25, 0.3) is 55.8 Å². The zero-order valence-corrected chi connectivity index (χ0v) is 24.3. The summed E-state index contributed by atoms with van der Waals surface area (Å²) >= 11 is 0. The second-order valence-electron chi connectivity index (χ2n) is 11.4. The van der Waals surface area contributed by atoms with E-state index in [4.69, 9.17) is 9.72 Å².